The summed E-state index contributed by atoms with van der Waals surface area (Å²) in [4.78, 5) is 12.3. The molecule has 0 aliphatic carbocycles. The third kappa shape index (κ3) is 9.59. The second-order valence-electron chi connectivity index (χ2n) is 6.61. The van der Waals surface area contributed by atoms with Crippen molar-refractivity contribution in [2.75, 3.05) is 59.5 Å². The Kier molecular flexibility index (Phi) is 12.6. The van der Waals surface area contributed by atoms with Crippen molar-refractivity contribution in [3.05, 3.63) is 48.0 Å². The Morgan fingerprint density at radius 1 is 0.636 bits per heavy atom. The van der Waals surface area contributed by atoms with Gasteiger partial charge in [0, 0.05) is 6.07 Å². The van der Waals surface area contributed by atoms with E-state index >= 15 is 0 Å². The lowest BCUT2D eigenvalue weighted by Gasteiger charge is -2.15. The van der Waals surface area contributed by atoms with E-state index < -0.39 is 5.97 Å². The molecule has 0 fully saturated rings. The second-order valence-corrected chi connectivity index (χ2v) is 6.61. The molecular weight excluding hydrogens is 428 g/mol. The molecule has 0 saturated heterocycles. The fourth-order valence-corrected chi connectivity index (χ4v) is 2.88. The highest BCUT2D eigenvalue weighted by Gasteiger charge is 2.20. The van der Waals surface area contributed by atoms with Crippen LogP contribution < -0.4 is 18.9 Å². The van der Waals surface area contributed by atoms with Crippen LogP contribution in [-0.2, 0) is 14.2 Å². The number of carbonyl (C=O) groups is 1. The summed E-state index contributed by atoms with van der Waals surface area (Å²) in [5, 5.41) is 0. The maximum absolute atomic E-state index is 12.3. The summed E-state index contributed by atoms with van der Waals surface area (Å²) in [6, 6.07) is 12.7. The van der Waals surface area contributed by atoms with Gasteiger partial charge < -0.3 is 33.2 Å². The first-order valence-corrected chi connectivity index (χ1v) is 11.3. The van der Waals surface area contributed by atoms with E-state index in [0.717, 1.165) is 11.5 Å². The predicted molar refractivity (Wildman–Crippen MR) is 124 cm³/mol. The van der Waals surface area contributed by atoms with Gasteiger partial charge in [-0.1, -0.05) is 12.1 Å². The molecular formula is C25H34O8. The van der Waals surface area contributed by atoms with Crippen molar-refractivity contribution in [1.82, 2.24) is 0 Å². The Bertz CT molecular complexity index is 824. The van der Waals surface area contributed by atoms with Crippen LogP contribution in [0.25, 0.3) is 0 Å². The fourth-order valence-electron chi connectivity index (χ4n) is 2.88. The Morgan fingerprint density at radius 2 is 1.18 bits per heavy atom. The van der Waals surface area contributed by atoms with Crippen LogP contribution in [0.2, 0.25) is 0 Å². The van der Waals surface area contributed by atoms with Crippen molar-refractivity contribution >= 4 is 5.97 Å². The van der Waals surface area contributed by atoms with Gasteiger partial charge in [-0.25, -0.2) is 4.79 Å². The predicted octanol–water partition coefficient (Wildman–Crippen LogP) is 4.15. The highest BCUT2D eigenvalue weighted by atomic mass is 16.6. The van der Waals surface area contributed by atoms with Crippen LogP contribution in [0.15, 0.2) is 42.5 Å². The minimum absolute atomic E-state index is 0.270. The minimum Gasteiger partial charge on any atom is -0.494 e. The summed E-state index contributed by atoms with van der Waals surface area (Å²) in [5.41, 5.74) is 0.288. The molecule has 8 nitrogen and oxygen atoms in total. The van der Waals surface area contributed by atoms with Crippen LogP contribution >= 0.6 is 0 Å². The Morgan fingerprint density at radius 3 is 1.82 bits per heavy atom. The molecule has 0 bridgehead atoms. The fraction of sp³-hybridized carbons (Fsp3) is 0.480. The van der Waals surface area contributed by atoms with Crippen molar-refractivity contribution in [2.45, 2.75) is 20.8 Å². The lowest BCUT2D eigenvalue weighted by Crippen LogP contribution is -2.15. The van der Waals surface area contributed by atoms with Gasteiger partial charge in [0.2, 0.25) is 0 Å². The van der Waals surface area contributed by atoms with Crippen LogP contribution in [-0.4, -0.2) is 65.4 Å². The standard InChI is InChI=1S/C25H34O8/c1-4-29-20-9-7-10-21(19-20)32-17-15-27-13-14-28-16-18-33-23-12-8-11-22(30-5-2)24(23)25(26)31-6-3/h7-12,19H,4-6,13-18H2,1-3H3. The van der Waals surface area contributed by atoms with E-state index in [0.29, 0.717) is 57.7 Å². The van der Waals surface area contributed by atoms with Crippen molar-refractivity contribution in [2.24, 2.45) is 0 Å². The van der Waals surface area contributed by atoms with Gasteiger partial charge in [0.05, 0.1) is 46.2 Å². The van der Waals surface area contributed by atoms with E-state index in [4.69, 9.17) is 33.2 Å². The van der Waals surface area contributed by atoms with Crippen molar-refractivity contribution in [3.63, 3.8) is 0 Å². The molecule has 182 valence electrons. The summed E-state index contributed by atoms with van der Waals surface area (Å²) in [6.07, 6.45) is 0. The summed E-state index contributed by atoms with van der Waals surface area (Å²) in [7, 11) is 0. The van der Waals surface area contributed by atoms with E-state index in [2.05, 4.69) is 0 Å². The molecule has 0 aliphatic heterocycles. The third-order valence-electron chi connectivity index (χ3n) is 4.24. The number of rotatable bonds is 17. The Labute approximate surface area is 195 Å². The molecule has 33 heavy (non-hydrogen) atoms. The smallest absolute Gasteiger partial charge is 0.345 e. The van der Waals surface area contributed by atoms with Crippen molar-refractivity contribution < 1.29 is 38.0 Å². The molecule has 0 unspecified atom stereocenters. The number of hydrogen-bond acceptors (Lipinski definition) is 8. The summed E-state index contributed by atoms with van der Waals surface area (Å²) in [6.45, 7) is 9.25. The molecule has 0 atom stereocenters. The molecule has 0 heterocycles. The van der Waals surface area contributed by atoms with Gasteiger partial charge >= 0.3 is 5.97 Å². The number of esters is 1. The lowest BCUT2D eigenvalue weighted by molar-refractivity contribution is 0.0269. The topological polar surface area (TPSA) is 81.7 Å². The molecule has 0 amide bonds. The Balaban J connectivity index is 1.62. The van der Waals surface area contributed by atoms with E-state index in [-0.39, 0.29) is 18.8 Å². The molecule has 0 N–H and O–H groups in total. The summed E-state index contributed by atoms with van der Waals surface area (Å²) in [5.74, 6) is 1.90. The molecule has 2 rings (SSSR count). The number of benzene rings is 2. The van der Waals surface area contributed by atoms with Gasteiger partial charge in [-0.15, -0.1) is 0 Å². The molecule has 0 aromatic heterocycles. The van der Waals surface area contributed by atoms with E-state index in [1.807, 2.05) is 38.1 Å². The molecule has 0 spiro atoms. The molecule has 2 aromatic carbocycles. The van der Waals surface area contributed by atoms with Crippen LogP contribution in [0.4, 0.5) is 0 Å². The summed E-state index contributed by atoms with van der Waals surface area (Å²) >= 11 is 0. The van der Waals surface area contributed by atoms with Crippen LogP contribution in [0.5, 0.6) is 23.0 Å². The van der Waals surface area contributed by atoms with Gasteiger partial charge in [-0.2, -0.15) is 0 Å². The van der Waals surface area contributed by atoms with Crippen LogP contribution in [0, 0.1) is 0 Å². The van der Waals surface area contributed by atoms with Gasteiger partial charge in [-0.3, -0.25) is 0 Å². The van der Waals surface area contributed by atoms with E-state index in [9.17, 15) is 4.79 Å². The largest absolute Gasteiger partial charge is 0.494 e. The second kappa shape index (κ2) is 15.8. The molecule has 0 saturated carbocycles. The quantitative estimate of drug-likeness (QED) is 0.256. The molecule has 0 radical (unpaired) electrons. The minimum atomic E-state index is -0.474. The highest BCUT2D eigenvalue weighted by Crippen LogP contribution is 2.29. The van der Waals surface area contributed by atoms with Gasteiger partial charge in [0.1, 0.15) is 41.8 Å². The zero-order valence-corrected chi connectivity index (χ0v) is 19.7. The lowest BCUT2D eigenvalue weighted by atomic mass is 10.1. The zero-order chi connectivity index (χ0) is 23.7. The third-order valence-corrected chi connectivity index (χ3v) is 4.24. The average Bonchev–Trinajstić information content (AvgIpc) is 2.81. The molecule has 2 aromatic rings. The Hall–Kier alpha value is -2.97. The van der Waals surface area contributed by atoms with Gasteiger partial charge in [0.25, 0.3) is 0 Å². The first-order chi connectivity index (χ1) is 16.2. The van der Waals surface area contributed by atoms with E-state index in [1.165, 1.54) is 0 Å². The normalized spacial score (nSPS) is 10.5. The first kappa shape index (κ1) is 26.3. The van der Waals surface area contributed by atoms with Crippen molar-refractivity contribution in [3.8, 4) is 23.0 Å². The average molecular weight is 463 g/mol. The monoisotopic (exact) mass is 462 g/mol. The van der Waals surface area contributed by atoms with Gasteiger partial charge in [0.15, 0.2) is 0 Å². The van der Waals surface area contributed by atoms with Crippen LogP contribution in [0.3, 0.4) is 0 Å². The molecule has 8 heteroatoms. The van der Waals surface area contributed by atoms with Gasteiger partial charge in [-0.05, 0) is 45.0 Å². The summed E-state index contributed by atoms with van der Waals surface area (Å²) < 4.78 is 38.5. The molecule has 0 aliphatic rings. The maximum atomic E-state index is 12.3. The number of ether oxygens (including phenoxy) is 7. The number of hydrogen-bond donors (Lipinski definition) is 0. The first-order valence-electron chi connectivity index (χ1n) is 11.3. The van der Waals surface area contributed by atoms with E-state index in [1.54, 1.807) is 25.1 Å². The zero-order valence-electron chi connectivity index (χ0n) is 19.7. The SMILES string of the molecule is CCOC(=O)c1c(OCC)cccc1OCCOCCOCCOc1cccc(OCC)c1. The van der Waals surface area contributed by atoms with Crippen LogP contribution in [0.1, 0.15) is 31.1 Å². The number of carbonyl (C=O) groups excluding carboxylic acids is 1. The maximum Gasteiger partial charge on any atom is 0.345 e. The van der Waals surface area contributed by atoms with Crippen molar-refractivity contribution in [1.29, 1.82) is 0 Å². The highest BCUT2D eigenvalue weighted by molar-refractivity contribution is 5.95.